The molecule has 4 unspecified atom stereocenters. The van der Waals surface area contributed by atoms with Gasteiger partial charge < -0.3 is 52.1 Å². The molecule has 4 aliphatic rings. The largest absolute Gasteiger partial charge is 0.462 e. The Labute approximate surface area is 358 Å². The van der Waals surface area contributed by atoms with Crippen molar-refractivity contribution in [2.75, 3.05) is 52.9 Å². The highest BCUT2D eigenvalue weighted by Crippen LogP contribution is 2.13. The summed E-state index contributed by atoms with van der Waals surface area (Å²) in [6.45, 7) is 13.7. The van der Waals surface area contributed by atoms with E-state index in [2.05, 4.69) is 63.7 Å². The van der Waals surface area contributed by atoms with Crippen LogP contribution in [-0.4, -0.2) is 151 Å². The molecule has 348 valence electrons. The summed E-state index contributed by atoms with van der Waals surface area (Å²) >= 11 is 0. The molecule has 0 radical (unpaired) electrons. The Balaban J connectivity index is 0.000000420. The lowest BCUT2D eigenvalue weighted by Crippen LogP contribution is -2.23. The Hall–Kier alpha value is -6.96. The van der Waals surface area contributed by atoms with E-state index in [-0.39, 0.29) is 63.3 Å². The zero-order valence-corrected chi connectivity index (χ0v) is 34.7. The molecule has 4 heterocycles. The summed E-state index contributed by atoms with van der Waals surface area (Å²) in [5.41, 5.74) is 0.402. The van der Waals surface area contributed by atoms with Gasteiger partial charge in [0.15, 0.2) is 26.4 Å². The summed E-state index contributed by atoms with van der Waals surface area (Å²) in [4.78, 5) is 119. The number of ether oxygens (including phenoxy) is 11. The molecule has 0 aliphatic carbocycles. The number of hydrogen-bond donors (Lipinski definition) is 0. The maximum Gasteiger partial charge on any atom is 0.344 e. The lowest BCUT2D eigenvalue weighted by Gasteiger charge is -2.09. The van der Waals surface area contributed by atoms with E-state index in [1.54, 1.807) is 0 Å². The highest BCUT2D eigenvalue weighted by molar-refractivity contribution is 7.89. The van der Waals surface area contributed by atoms with Gasteiger partial charge in [-0.25, -0.2) is 33.6 Å². The molecule has 0 N–H and O–H groups in total. The molecule has 25 nitrogen and oxygen atoms in total. The second kappa shape index (κ2) is 27.8. The first-order chi connectivity index (χ1) is 29.5. The molecule has 0 aromatic heterocycles. The standard InChI is InChI=1S/2C10H12O6.C9H10O6.C8H10O7S/c2*1-6(2)10(13)15-5-9(12)16-7-3-8(11)14-4-7;1-2-7(10)14-5-9(12)15-6-3-8(11)13-4-6;1-2-16(11,12)14-5-8(10)15-6-3-7(9)13-4-6/h2*7H,1,3-5H2,2H3;2,6H,1,3-5H2;2,6H,1,3-5H2. The summed E-state index contributed by atoms with van der Waals surface area (Å²) < 4.78 is 76.8. The van der Waals surface area contributed by atoms with Crippen LogP contribution in [0, 0.1) is 0 Å². The van der Waals surface area contributed by atoms with E-state index in [0.29, 0.717) is 5.41 Å². The maximum atomic E-state index is 11.1. The lowest BCUT2D eigenvalue weighted by atomic mass is 10.3. The number of hydrogen-bond acceptors (Lipinski definition) is 25. The van der Waals surface area contributed by atoms with Crippen molar-refractivity contribution in [2.45, 2.75) is 63.9 Å². The maximum absolute atomic E-state index is 11.1. The third-order valence-electron chi connectivity index (χ3n) is 6.87. The second-order valence-corrected chi connectivity index (χ2v) is 14.0. The minimum atomic E-state index is -3.89. The topological polar surface area (TPSA) is 333 Å². The van der Waals surface area contributed by atoms with E-state index in [9.17, 15) is 61.2 Å². The number of esters is 11. The fourth-order valence-corrected chi connectivity index (χ4v) is 4.36. The number of carbonyl (C=O) groups is 11. The highest BCUT2D eigenvalue weighted by atomic mass is 32.2. The van der Waals surface area contributed by atoms with Crippen LogP contribution in [-0.2, 0) is 119 Å². The van der Waals surface area contributed by atoms with Crippen LogP contribution in [0.2, 0.25) is 0 Å². The summed E-state index contributed by atoms with van der Waals surface area (Å²) in [6, 6.07) is 0. The Morgan fingerprint density at radius 1 is 0.540 bits per heavy atom. The molecule has 0 aromatic carbocycles. The number of carbonyl (C=O) groups excluding carboxylic acids is 11. The molecule has 0 bridgehead atoms. The second-order valence-electron chi connectivity index (χ2n) is 12.4. The smallest absolute Gasteiger partial charge is 0.344 e. The zero-order chi connectivity index (χ0) is 47.7. The van der Waals surface area contributed by atoms with Gasteiger partial charge >= 0.3 is 65.7 Å². The van der Waals surface area contributed by atoms with Gasteiger partial charge in [0.2, 0.25) is 0 Å². The van der Waals surface area contributed by atoms with Crippen molar-refractivity contribution in [1.29, 1.82) is 0 Å². The minimum absolute atomic E-state index is 0.0151. The van der Waals surface area contributed by atoms with Crippen molar-refractivity contribution >= 4 is 75.8 Å². The monoisotopic (exact) mass is 920 g/mol. The molecule has 0 amide bonds. The quantitative estimate of drug-likeness (QED) is 0.0718. The van der Waals surface area contributed by atoms with Gasteiger partial charge in [0.25, 0.3) is 10.1 Å². The summed E-state index contributed by atoms with van der Waals surface area (Å²) in [5, 5.41) is 0.572. The van der Waals surface area contributed by atoms with E-state index >= 15 is 0 Å². The van der Waals surface area contributed by atoms with Gasteiger partial charge in [0.1, 0.15) is 50.8 Å². The fraction of sp³-hybridized carbons (Fsp3) is 0.486. The van der Waals surface area contributed by atoms with Crippen molar-refractivity contribution in [3.8, 4) is 0 Å². The van der Waals surface area contributed by atoms with Crippen LogP contribution in [0.5, 0.6) is 0 Å². The van der Waals surface area contributed by atoms with Crippen LogP contribution in [0.1, 0.15) is 39.5 Å². The van der Waals surface area contributed by atoms with Crippen LogP contribution in [0.3, 0.4) is 0 Å². The van der Waals surface area contributed by atoms with Gasteiger partial charge in [-0.2, -0.15) is 8.42 Å². The molecule has 4 saturated heterocycles. The average Bonchev–Trinajstić information content (AvgIpc) is 4.04. The molecule has 4 rings (SSSR count). The summed E-state index contributed by atoms with van der Waals surface area (Å²) in [7, 11) is -3.89. The highest BCUT2D eigenvalue weighted by Gasteiger charge is 2.30. The van der Waals surface area contributed by atoms with Crippen molar-refractivity contribution in [1.82, 2.24) is 0 Å². The third kappa shape index (κ3) is 24.8. The Kier molecular flexibility index (Phi) is 23.9. The molecular formula is C37H44O25S. The van der Waals surface area contributed by atoms with Gasteiger partial charge in [-0.3, -0.25) is 23.4 Å². The molecule has 4 aliphatic heterocycles. The Bertz CT molecular complexity index is 1830. The first kappa shape index (κ1) is 54.1. The molecule has 4 atom stereocenters. The predicted molar refractivity (Wildman–Crippen MR) is 200 cm³/mol. The van der Waals surface area contributed by atoms with E-state index in [1.165, 1.54) is 13.8 Å². The molecule has 0 aromatic rings. The van der Waals surface area contributed by atoms with Gasteiger partial charge in [-0.05, 0) is 13.8 Å². The van der Waals surface area contributed by atoms with Crippen molar-refractivity contribution in [3.05, 3.63) is 48.9 Å². The summed E-state index contributed by atoms with van der Waals surface area (Å²) in [6.07, 6.45) is -1.37. The first-order valence-corrected chi connectivity index (χ1v) is 19.4. The van der Waals surface area contributed by atoms with Crippen molar-refractivity contribution < 1.29 is 117 Å². The number of rotatable bonds is 17. The van der Waals surface area contributed by atoms with Crippen LogP contribution < -0.4 is 0 Å². The van der Waals surface area contributed by atoms with E-state index < -0.39 is 127 Å². The van der Waals surface area contributed by atoms with Gasteiger partial charge in [0, 0.05) is 17.2 Å². The Morgan fingerprint density at radius 2 is 0.825 bits per heavy atom. The first-order valence-electron chi connectivity index (χ1n) is 17.9. The van der Waals surface area contributed by atoms with Crippen LogP contribution >= 0.6 is 0 Å². The molecule has 4 fully saturated rings. The third-order valence-corrected chi connectivity index (χ3v) is 7.73. The van der Waals surface area contributed by atoms with Crippen LogP contribution in [0.25, 0.3) is 0 Å². The van der Waals surface area contributed by atoms with Gasteiger partial charge in [0.05, 0.1) is 31.1 Å². The normalized spacial score (nSPS) is 19.3. The summed E-state index contributed by atoms with van der Waals surface area (Å²) in [5.74, 6) is -6.71. The Morgan fingerprint density at radius 3 is 1.06 bits per heavy atom. The van der Waals surface area contributed by atoms with E-state index in [0.717, 1.165) is 6.08 Å². The van der Waals surface area contributed by atoms with Crippen LogP contribution in [0.15, 0.2) is 48.9 Å². The molecule has 0 saturated carbocycles. The molecule has 63 heavy (non-hydrogen) atoms. The van der Waals surface area contributed by atoms with Crippen molar-refractivity contribution in [2.24, 2.45) is 0 Å². The average molecular weight is 921 g/mol. The van der Waals surface area contributed by atoms with Gasteiger partial charge in [-0.1, -0.05) is 26.3 Å². The molecular weight excluding hydrogens is 876 g/mol. The van der Waals surface area contributed by atoms with Crippen molar-refractivity contribution in [3.63, 3.8) is 0 Å². The zero-order valence-electron chi connectivity index (χ0n) is 33.9. The van der Waals surface area contributed by atoms with Crippen LogP contribution in [0.4, 0.5) is 0 Å². The van der Waals surface area contributed by atoms with Gasteiger partial charge in [-0.15, -0.1) is 0 Å². The molecule has 0 spiro atoms. The minimum Gasteiger partial charge on any atom is -0.462 e. The predicted octanol–water partition coefficient (Wildman–Crippen LogP) is -1.16. The van der Waals surface area contributed by atoms with E-state index in [1.807, 2.05) is 0 Å². The molecule has 26 heteroatoms. The lowest BCUT2D eigenvalue weighted by molar-refractivity contribution is -0.160. The fourth-order valence-electron chi connectivity index (χ4n) is 4.00. The van der Waals surface area contributed by atoms with E-state index in [4.69, 9.17) is 18.9 Å². The SMILES string of the molecule is C=C(C)C(=O)OCC(=O)OC1COC(=O)C1.C=C(C)C(=O)OCC(=O)OC1COC(=O)C1.C=CC(=O)OCC(=O)OC1COC(=O)C1.C=CS(=O)(=O)OCC(=O)OC1COC(=O)C1. The number of cyclic esters (lactones) is 4.